The van der Waals surface area contributed by atoms with Crippen molar-refractivity contribution in [2.45, 2.75) is 25.3 Å². The van der Waals surface area contributed by atoms with Gasteiger partial charge in [-0.2, -0.15) is 13.2 Å². The van der Waals surface area contributed by atoms with Gasteiger partial charge in [0.05, 0.1) is 11.3 Å². The first kappa shape index (κ1) is 18.8. The Kier molecular flexibility index (Phi) is 4.43. The van der Waals surface area contributed by atoms with E-state index in [0.717, 1.165) is 6.07 Å². The fraction of sp³-hybridized carbons (Fsp3) is 0.222. The number of hydrogen-bond donors (Lipinski definition) is 2. The van der Waals surface area contributed by atoms with E-state index in [2.05, 4.69) is 0 Å². The van der Waals surface area contributed by atoms with Gasteiger partial charge in [-0.3, -0.25) is 9.59 Å². The summed E-state index contributed by atoms with van der Waals surface area (Å²) in [5.41, 5.74) is -4.22. The molecule has 1 aliphatic rings. The molecule has 0 saturated carbocycles. The maximum atomic E-state index is 14.0. The third kappa shape index (κ3) is 3.14. The number of carbonyl (C=O) groups is 2. The minimum Gasteiger partial charge on any atom is -0.488 e. The van der Waals surface area contributed by atoms with Crippen LogP contribution >= 0.6 is 0 Å². The van der Waals surface area contributed by atoms with Crippen molar-refractivity contribution in [3.8, 4) is 5.75 Å². The Bertz CT molecular complexity index is 937. The number of benzene rings is 2. The summed E-state index contributed by atoms with van der Waals surface area (Å²) in [4.78, 5) is 24.8. The van der Waals surface area contributed by atoms with Crippen LogP contribution in [0.15, 0.2) is 36.4 Å². The zero-order chi connectivity index (χ0) is 20.0. The van der Waals surface area contributed by atoms with E-state index in [1.807, 2.05) is 5.32 Å². The van der Waals surface area contributed by atoms with E-state index in [1.54, 1.807) is 0 Å². The van der Waals surface area contributed by atoms with Crippen LogP contribution in [0, 0.1) is 5.82 Å². The summed E-state index contributed by atoms with van der Waals surface area (Å²) in [6.07, 6.45) is -5.22. The number of alkyl halides is 3. The molecule has 1 amide bonds. The molecule has 0 fully saturated rings. The van der Waals surface area contributed by atoms with Gasteiger partial charge < -0.3 is 15.2 Å². The number of nitrogens with one attached hydrogen (secondary N) is 1. The molecule has 2 N–H and O–H groups in total. The van der Waals surface area contributed by atoms with Crippen LogP contribution in [0.1, 0.15) is 28.4 Å². The molecule has 5 nitrogen and oxygen atoms in total. The molecule has 142 valence electrons. The lowest BCUT2D eigenvalue weighted by atomic mass is 9.97. The second kappa shape index (κ2) is 6.34. The van der Waals surface area contributed by atoms with Crippen molar-refractivity contribution in [1.82, 2.24) is 0 Å². The number of aliphatic hydroxyl groups is 1. The second-order valence-corrected chi connectivity index (χ2v) is 6.09. The molecule has 2 aromatic rings. The lowest BCUT2D eigenvalue weighted by molar-refractivity contribution is -0.242. The van der Waals surface area contributed by atoms with Crippen LogP contribution in [-0.2, 0) is 11.4 Å². The smallest absolute Gasteiger partial charge is 0.426 e. The third-order valence-corrected chi connectivity index (χ3v) is 4.23. The largest absolute Gasteiger partial charge is 0.488 e. The predicted octanol–water partition coefficient (Wildman–Crippen LogP) is 3.20. The first-order chi connectivity index (χ1) is 12.5. The number of hydrogen-bond acceptors (Lipinski definition) is 4. The van der Waals surface area contributed by atoms with Crippen molar-refractivity contribution < 1.29 is 37.0 Å². The minimum absolute atomic E-state index is 0.00161. The number of rotatable bonds is 2. The highest BCUT2D eigenvalue weighted by atomic mass is 19.4. The molecule has 0 bridgehead atoms. The van der Waals surface area contributed by atoms with Crippen LogP contribution < -0.4 is 10.1 Å². The monoisotopic (exact) mass is 383 g/mol. The number of ether oxygens (including phenoxy) is 1. The number of carbonyl (C=O) groups excluding carboxylic acids is 2. The first-order valence-corrected chi connectivity index (χ1v) is 7.72. The Morgan fingerprint density at radius 3 is 2.52 bits per heavy atom. The minimum atomic E-state index is -5.22. The highest BCUT2D eigenvalue weighted by Gasteiger charge is 2.56. The highest BCUT2D eigenvalue weighted by Crippen LogP contribution is 2.36. The molecule has 1 heterocycles. The van der Waals surface area contributed by atoms with Crippen LogP contribution in [0.3, 0.4) is 0 Å². The topological polar surface area (TPSA) is 75.6 Å². The van der Waals surface area contributed by atoms with Gasteiger partial charge in [-0.25, -0.2) is 4.39 Å². The standard InChI is InChI=1S/C18H13F4NO4/c1-17(26,18(20,21)22)16(25)23-12-6-3-7-13-14(12)15(24)9-4-2-5-11(19)10(9)8-27-13/h2-7,26H,8H2,1H3,(H,23,25). The van der Waals surface area contributed by atoms with E-state index in [4.69, 9.17) is 4.74 Å². The number of fused-ring (bicyclic) bond motifs is 2. The van der Waals surface area contributed by atoms with E-state index in [-0.39, 0.29) is 34.7 Å². The fourth-order valence-corrected chi connectivity index (χ4v) is 2.57. The molecular formula is C18H13F4NO4. The molecule has 27 heavy (non-hydrogen) atoms. The van der Waals surface area contributed by atoms with Crippen LogP contribution in [0.4, 0.5) is 23.2 Å². The Labute approximate surface area is 150 Å². The van der Waals surface area contributed by atoms with Crippen molar-refractivity contribution in [1.29, 1.82) is 0 Å². The predicted molar refractivity (Wildman–Crippen MR) is 85.9 cm³/mol. The van der Waals surface area contributed by atoms with Crippen molar-refractivity contribution in [2.24, 2.45) is 0 Å². The Balaban J connectivity index is 2.06. The van der Waals surface area contributed by atoms with Crippen LogP contribution in [0.25, 0.3) is 0 Å². The van der Waals surface area contributed by atoms with E-state index in [0.29, 0.717) is 6.92 Å². The van der Waals surface area contributed by atoms with Gasteiger partial charge in [0.2, 0.25) is 5.60 Å². The average Bonchev–Trinajstić information content (AvgIpc) is 2.73. The lowest BCUT2D eigenvalue weighted by Crippen LogP contribution is -2.52. The second-order valence-electron chi connectivity index (χ2n) is 6.09. The molecule has 1 atom stereocenters. The Hall–Kier alpha value is -2.94. The molecule has 0 radical (unpaired) electrons. The zero-order valence-corrected chi connectivity index (χ0v) is 13.9. The Morgan fingerprint density at radius 2 is 1.85 bits per heavy atom. The van der Waals surface area contributed by atoms with Gasteiger partial charge in [-0.1, -0.05) is 18.2 Å². The normalized spacial score (nSPS) is 15.7. The summed E-state index contributed by atoms with van der Waals surface area (Å²) < 4.78 is 58.0. The molecule has 0 saturated heterocycles. The SMILES string of the molecule is CC(O)(C(=O)Nc1cccc2c1C(=O)c1cccc(F)c1CO2)C(F)(F)F. The summed E-state index contributed by atoms with van der Waals surface area (Å²) in [5, 5.41) is 11.4. The molecule has 3 rings (SSSR count). The van der Waals surface area contributed by atoms with Gasteiger partial charge in [0.1, 0.15) is 18.2 Å². The number of ketones is 1. The average molecular weight is 383 g/mol. The van der Waals surface area contributed by atoms with Crippen molar-refractivity contribution in [2.75, 3.05) is 5.32 Å². The molecule has 0 spiro atoms. The van der Waals surface area contributed by atoms with Gasteiger partial charge in [0.25, 0.3) is 5.91 Å². The Morgan fingerprint density at radius 1 is 1.19 bits per heavy atom. The van der Waals surface area contributed by atoms with E-state index in [1.165, 1.54) is 30.3 Å². The third-order valence-electron chi connectivity index (χ3n) is 4.23. The van der Waals surface area contributed by atoms with Crippen LogP contribution in [0.5, 0.6) is 5.75 Å². The van der Waals surface area contributed by atoms with Gasteiger partial charge >= 0.3 is 6.18 Å². The molecule has 1 aliphatic heterocycles. The molecular weight excluding hydrogens is 370 g/mol. The number of amides is 1. The van der Waals surface area contributed by atoms with E-state index >= 15 is 0 Å². The van der Waals surface area contributed by atoms with E-state index < -0.39 is 29.3 Å². The molecule has 1 unspecified atom stereocenters. The zero-order valence-electron chi connectivity index (χ0n) is 13.9. The maximum absolute atomic E-state index is 14.0. The summed E-state index contributed by atoms with van der Waals surface area (Å²) in [6.45, 7) is 0.0331. The van der Waals surface area contributed by atoms with Gasteiger partial charge in [0.15, 0.2) is 5.78 Å². The fourth-order valence-electron chi connectivity index (χ4n) is 2.57. The summed E-state index contributed by atoms with van der Waals surface area (Å²) >= 11 is 0. The van der Waals surface area contributed by atoms with Crippen molar-refractivity contribution in [3.05, 3.63) is 58.9 Å². The van der Waals surface area contributed by atoms with Gasteiger partial charge in [0, 0.05) is 11.1 Å². The number of anilines is 1. The van der Waals surface area contributed by atoms with Gasteiger partial charge in [-0.05, 0) is 25.1 Å². The van der Waals surface area contributed by atoms with Crippen LogP contribution in [-0.4, -0.2) is 28.6 Å². The highest BCUT2D eigenvalue weighted by molar-refractivity contribution is 6.17. The van der Waals surface area contributed by atoms with Crippen LogP contribution in [0.2, 0.25) is 0 Å². The lowest BCUT2D eigenvalue weighted by Gasteiger charge is -2.25. The van der Waals surface area contributed by atoms with Gasteiger partial charge in [-0.15, -0.1) is 0 Å². The molecule has 9 heteroatoms. The van der Waals surface area contributed by atoms with Crippen molar-refractivity contribution in [3.63, 3.8) is 0 Å². The molecule has 2 aromatic carbocycles. The maximum Gasteiger partial charge on any atom is 0.426 e. The van der Waals surface area contributed by atoms with Crippen molar-refractivity contribution >= 4 is 17.4 Å². The summed E-state index contributed by atoms with van der Waals surface area (Å²) in [5.74, 6) is -3.18. The summed E-state index contributed by atoms with van der Waals surface area (Å²) in [7, 11) is 0. The van der Waals surface area contributed by atoms with E-state index in [9.17, 15) is 32.3 Å². The first-order valence-electron chi connectivity index (χ1n) is 7.72. The number of halogens is 4. The summed E-state index contributed by atoms with van der Waals surface area (Å²) in [6, 6.07) is 7.71. The molecule has 0 aromatic heterocycles. The quantitative estimate of drug-likeness (QED) is 0.781. The molecule has 0 aliphatic carbocycles.